The van der Waals surface area contributed by atoms with E-state index >= 15 is 0 Å². The van der Waals surface area contributed by atoms with E-state index in [0.29, 0.717) is 18.7 Å². The summed E-state index contributed by atoms with van der Waals surface area (Å²) in [6, 6.07) is 3.55. The maximum atomic E-state index is 12.2. The Kier molecular flexibility index (Phi) is 4.37. The summed E-state index contributed by atoms with van der Waals surface area (Å²) in [7, 11) is 0. The Bertz CT molecular complexity index is 530. The lowest BCUT2D eigenvalue weighted by Crippen LogP contribution is -2.41. The van der Waals surface area contributed by atoms with Crippen LogP contribution in [0.1, 0.15) is 38.8 Å². The van der Waals surface area contributed by atoms with Gasteiger partial charge in [0.15, 0.2) is 0 Å². The van der Waals surface area contributed by atoms with Crippen molar-refractivity contribution in [3.63, 3.8) is 0 Å². The molecule has 1 aliphatic rings. The molecule has 0 amide bonds. The highest BCUT2D eigenvalue weighted by Crippen LogP contribution is 2.31. The summed E-state index contributed by atoms with van der Waals surface area (Å²) >= 11 is 0. The first-order valence-electron chi connectivity index (χ1n) is 7.14. The van der Waals surface area contributed by atoms with Crippen molar-refractivity contribution in [2.75, 3.05) is 13.1 Å². The lowest BCUT2D eigenvalue weighted by atomic mass is 9.84. The Balaban J connectivity index is 2.26. The third kappa shape index (κ3) is 3.64. The fourth-order valence-corrected chi connectivity index (χ4v) is 2.65. The van der Waals surface area contributed by atoms with E-state index in [1.807, 2.05) is 0 Å². The van der Waals surface area contributed by atoms with Crippen molar-refractivity contribution in [1.29, 1.82) is 0 Å². The Morgan fingerprint density at radius 2 is 2.14 bits per heavy atom. The molecule has 2 rings (SSSR count). The van der Waals surface area contributed by atoms with Crippen molar-refractivity contribution in [2.45, 2.75) is 38.7 Å². The zero-order chi connectivity index (χ0) is 15.6. The maximum absolute atomic E-state index is 12.2. The molecular weight excluding hydrogens is 272 g/mol. The van der Waals surface area contributed by atoms with Crippen molar-refractivity contribution in [2.24, 2.45) is 5.92 Å². The number of piperidine rings is 1. The van der Waals surface area contributed by atoms with Gasteiger partial charge in [0.2, 0.25) is 0 Å². The first-order chi connectivity index (χ1) is 9.79. The average Bonchev–Trinajstić information content (AvgIpc) is 2.85. The molecule has 21 heavy (non-hydrogen) atoms. The largest absolute Gasteiger partial charge is 0.481 e. The van der Waals surface area contributed by atoms with E-state index in [-0.39, 0.29) is 5.92 Å². The highest BCUT2D eigenvalue weighted by Gasteiger charge is 2.34. The van der Waals surface area contributed by atoms with Crippen molar-refractivity contribution < 1.29 is 19.4 Å². The first kappa shape index (κ1) is 15.6. The number of carbonyl (C=O) groups excluding carboxylic acids is 1. The second-order valence-corrected chi connectivity index (χ2v) is 6.33. The zero-order valence-electron chi connectivity index (χ0n) is 12.6. The summed E-state index contributed by atoms with van der Waals surface area (Å²) in [5.41, 5.74) is 0.122. The molecule has 0 aliphatic carbocycles. The quantitative estimate of drug-likeness (QED) is 0.872. The summed E-state index contributed by atoms with van der Waals surface area (Å²) in [6.45, 7) is 6.57. The van der Waals surface area contributed by atoms with Gasteiger partial charge in [0, 0.05) is 24.4 Å². The number of hydrogen-bond acceptors (Lipinski definition) is 4. The molecule has 0 saturated carbocycles. The molecule has 1 fully saturated rings. The van der Waals surface area contributed by atoms with E-state index in [0.717, 1.165) is 6.54 Å². The molecule has 0 aromatic carbocycles. The van der Waals surface area contributed by atoms with Gasteiger partial charge in [0.1, 0.15) is 5.60 Å². The summed E-state index contributed by atoms with van der Waals surface area (Å²) in [5, 5.41) is 12.4. The third-order valence-electron chi connectivity index (χ3n) is 3.55. The van der Waals surface area contributed by atoms with Gasteiger partial charge in [0.05, 0.1) is 5.92 Å². The van der Waals surface area contributed by atoms with Crippen LogP contribution in [0.25, 0.3) is 0 Å². The van der Waals surface area contributed by atoms with Crippen LogP contribution in [0.2, 0.25) is 0 Å². The van der Waals surface area contributed by atoms with E-state index < -0.39 is 23.6 Å². The number of carboxylic acids is 1. The molecular formula is C15H22N2O4. The van der Waals surface area contributed by atoms with Gasteiger partial charge in [-0.2, -0.15) is 0 Å². The molecule has 2 N–H and O–H groups in total. The van der Waals surface area contributed by atoms with Crippen LogP contribution in [-0.2, 0) is 9.53 Å². The van der Waals surface area contributed by atoms with Crippen LogP contribution in [-0.4, -0.2) is 40.4 Å². The molecule has 6 nitrogen and oxygen atoms in total. The van der Waals surface area contributed by atoms with Gasteiger partial charge >= 0.3 is 12.1 Å². The molecule has 2 unspecified atom stereocenters. The fourth-order valence-electron chi connectivity index (χ4n) is 2.65. The van der Waals surface area contributed by atoms with Crippen LogP contribution in [0.15, 0.2) is 18.3 Å². The summed E-state index contributed by atoms with van der Waals surface area (Å²) < 4.78 is 6.80. The highest BCUT2D eigenvalue weighted by atomic mass is 16.6. The molecule has 6 heteroatoms. The van der Waals surface area contributed by atoms with E-state index in [4.69, 9.17) is 4.74 Å². The minimum Gasteiger partial charge on any atom is -0.481 e. The number of aliphatic carboxylic acids is 1. The minimum absolute atomic E-state index is 0.189. The Hall–Kier alpha value is -1.82. The molecule has 0 radical (unpaired) electrons. The van der Waals surface area contributed by atoms with Gasteiger partial charge in [-0.1, -0.05) is 0 Å². The molecule has 1 saturated heterocycles. The second-order valence-electron chi connectivity index (χ2n) is 6.33. The smallest absolute Gasteiger partial charge is 0.418 e. The monoisotopic (exact) mass is 294 g/mol. The van der Waals surface area contributed by atoms with Crippen molar-refractivity contribution >= 4 is 12.1 Å². The molecule has 0 spiro atoms. The number of nitrogens with one attached hydrogen (secondary N) is 1. The minimum atomic E-state index is -0.843. The topological polar surface area (TPSA) is 80.6 Å². The maximum Gasteiger partial charge on any atom is 0.418 e. The lowest BCUT2D eigenvalue weighted by molar-refractivity contribution is -0.143. The SMILES string of the molecule is CC(C)(C)OC(=O)n1cccc1C1CCNCC1C(=O)O. The van der Waals surface area contributed by atoms with Crippen molar-refractivity contribution in [3.8, 4) is 0 Å². The van der Waals surface area contributed by atoms with Crippen LogP contribution in [0.3, 0.4) is 0 Å². The Labute approximate surface area is 124 Å². The molecule has 1 aliphatic heterocycles. The predicted molar refractivity (Wildman–Crippen MR) is 77.4 cm³/mol. The van der Waals surface area contributed by atoms with Gasteiger partial charge < -0.3 is 15.2 Å². The highest BCUT2D eigenvalue weighted by molar-refractivity contribution is 5.74. The second kappa shape index (κ2) is 5.89. The molecule has 0 bridgehead atoms. The predicted octanol–water partition coefficient (Wildman–Crippen LogP) is 2.05. The fraction of sp³-hybridized carbons (Fsp3) is 0.600. The molecule has 116 valence electrons. The van der Waals surface area contributed by atoms with Gasteiger partial charge in [-0.05, 0) is 45.9 Å². The average molecular weight is 294 g/mol. The number of rotatable bonds is 2. The number of ether oxygens (including phenoxy) is 1. The van der Waals surface area contributed by atoms with Crippen LogP contribution in [0, 0.1) is 5.92 Å². The number of carbonyl (C=O) groups is 2. The van der Waals surface area contributed by atoms with E-state index in [1.54, 1.807) is 39.1 Å². The molecule has 1 aromatic rings. The number of aromatic nitrogens is 1. The van der Waals surface area contributed by atoms with Crippen LogP contribution in [0.5, 0.6) is 0 Å². The van der Waals surface area contributed by atoms with Crippen molar-refractivity contribution in [1.82, 2.24) is 9.88 Å². The molecule has 2 heterocycles. The van der Waals surface area contributed by atoms with Gasteiger partial charge in [-0.15, -0.1) is 0 Å². The van der Waals surface area contributed by atoms with Crippen LogP contribution >= 0.6 is 0 Å². The molecule has 2 atom stereocenters. The number of hydrogen-bond donors (Lipinski definition) is 2. The van der Waals surface area contributed by atoms with Gasteiger partial charge in [0.25, 0.3) is 0 Å². The lowest BCUT2D eigenvalue weighted by Gasteiger charge is -2.30. The Morgan fingerprint density at radius 3 is 2.76 bits per heavy atom. The summed E-state index contributed by atoms with van der Waals surface area (Å²) in [4.78, 5) is 23.6. The van der Waals surface area contributed by atoms with Gasteiger partial charge in [-0.25, -0.2) is 4.79 Å². The zero-order valence-corrected chi connectivity index (χ0v) is 12.6. The van der Waals surface area contributed by atoms with E-state index in [9.17, 15) is 14.7 Å². The van der Waals surface area contributed by atoms with E-state index in [1.165, 1.54) is 4.57 Å². The third-order valence-corrected chi connectivity index (χ3v) is 3.55. The Morgan fingerprint density at radius 1 is 1.43 bits per heavy atom. The normalized spacial score (nSPS) is 22.8. The van der Waals surface area contributed by atoms with Crippen molar-refractivity contribution in [3.05, 3.63) is 24.0 Å². The van der Waals surface area contributed by atoms with Crippen LogP contribution < -0.4 is 5.32 Å². The van der Waals surface area contributed by atoms with E-state index in [2.05, 4.69) is 5.32 Å². The number of nitrogens with zero attached hydrogens (tertiary/aromatic N) is 1. The number of carboxylic acid groups (broad SMARTS) is 1. The summed E-state index contributed by atoms with van der Waals surface area (Å²) in [5.74, 6) is -1.56. The standard InChI is InChI=1S/C15H22N2O4/c1-15(2,3)21-14(20)17-8-4-5-12(17)10-6-7-16-9-11(10)13(18)19/h4-5,8,10-11,16H,6-7,9H2,1-3H3,(H,18,19). The molecule has 1 aromatic heterocycles. The van der Waals surface area contributed by atoms with Gasteiger partial charge in [-0.3, -0.25) is 9.36 Å². The van der Waals surface area contributed by atoms with Crippen LogP contribution in [0.4, 0.5) is 4.79 Å². The first-order valence-corrected chi connectivity index (χ1v) is 7.14. The summed E-state index contributed by atoms with van der Waals surface area (Å²) in [6.07, 6.45) is 1.85.